The first kappa shape index (κ1) is 29.6. The molecular formula is C40H36O3. The van der Waals surface area contributed by atoms with E-state index in [1.54, 1.807) is 25.1 Å². The molecule has 0 N–H and O–H groups in total. The van der Waals surface area contributed by atoms with Crippen molar-refractivity contribution in [3.8, 4) is 11.1 Å². The zero-order valence-electron chi connectivity index (χ0n) is 25.9. The minimum absolute atomic E-state index is 0.191. The monoisotopic (exact) mass is 564 g/mol. The Labute approximate surface area is 254 Å². The third-order valence-corrected chi connectivity index (χ3v) is 8.21. The average Bonchev–Trinajstić information content (AvgIpc) is 2.96. The fourth-order valence-corrected chi connectivity index (χ4v) is 6.45. The van der Waals surface area contributed by atoms with E-state index in [4.69, 9.17) is 0 Å². The summed E-state index contributed by atoms with van der Waals surface area (Å²) in [6.07, 6.45) is 0. The molecule has 0 radical (unpaired) electrons. The molecule has 0 aliphatic carbocycles. The van der Waals surface area contributed by atoms with Crippen molar-refractivity contribution in [2.45, 2.75) is 48.5 Å². The van der Waals surface area contributed by atoms with Crippen LogP contribution >= 0.6 is 0 Å². The smallest absolute Gasteiger partial charge is 0.194 e. The van der Waals surface area contributed by atoms with Crippen LogP contribution in [0.15, 0.2) is 91.0 Å². The normalized spacial score (nSPS) is 11.0. The summed E-state index contributed by atoms with van der Waals surface area (Å²) in [5.74, 6) is -0.664. The van der Waals surface area contributed by atoms with Gasteiger partial charge in [-0.15, -0.1) is 0 Å². The molecule has 0 saturated heterocycles. The molecular weight excluding hydrogens is 528 g/mol. The minimum atomic E-state index is -0.252. The summed E-state index contributed by atoms with van der Waals surface area (Å²) in [5.41, 5.74) is 10.0. The molecule has 3 nitrogen and oxygen atoms in total. The molecule has 214 valence electrons. The Kier molecular flexibility index (Phi) is 8.10. The maximum Gasteiger partial charge on any atom is 0.194 e. The van der Waals surface area contributed by atoms with Gasteiger partial charge in [-0.1, -0.05) is 96.1 Å². The Hall–Kier alpha value is -4.89. The SMILES string of the molecule is Cc1cc(C)c(C(=O)c2c(-c3ccccc3)cc(C(=O)c3ccccc3)c(C)c2C(=O)c2c(C)cc(C)cc2C)c(C)c1. The molecule has 5 aromatic carbocycles. The minimum Gasteiger partial charge on any atom is -0.289 e. The van der Waals surface area contributed by atoms with E-state index in [9.17, 15) is 14.4 Å². The van der Waals surface area contributed by atoms with E-state index < -0.39 is 0 Å². The van der Waals surface area contributed by atoms with Gasteiger partial charge in [0.15, 0.2) is 17.3 Å². The lowest BCUT2D eigenvalue weighted by molar-refractivity contribution is 0.1000. The van der Waals surface area contributed by atoms with E-state index in [0.717, 1.165) is 38.9 Å². The van der Waals surface area contributed by atoms with Crippen LogP contribution in [-0.2, 0) is 0 Å². The number of benzene rings is 5. The molecule has 5 rings (SSSR count). The van der Waals surface area contributed by atoms with Crippen LogP contribution in [0.25, 0.3) is 11.1 Å². The van der Waals surface area contributed by atoms with E-state index >= 15 is 0 Å². The summed E-state index contributed by atoms with van der Waals surface area (Å²) >= 11 is 0. The second-order valence-electron chi connectivity index (χ2n) is 11.6. The summed E-state index contributed by atoms with van der Waals surface area (Å²) in [6.45, 7) is 13.5. The van der Waals surface area contributed by atoms with Crippen LogP contribution in [0, 0.1) is 48.5 Å². The lowest BCUT2D eigenvalue weighted by Gasteiger charge is -2.22. The Morgan fingerprint density at radius 1 is 0.442 bits per heavy atom. The van der Waals surface area contributed by atoms with Crippen molar-refractivity contribution in [3.63, 3.8) is 0 Å². The van der Waals surface area contributed by atoms with Crippen LogP contribution in [0.1, 0.15) is 86.7 Å². The predicted octanol–water partition coefficient (Wildman–Crippen LogP) is 9.21. The van der Waals surface area contributed by atoms with Crippen molar-refractivity contribution in [1.29, 1.82) is 0 Å². The fourth-order valence-electron chi connectivity index (χ4n) is 6.45. The number of carbonyl (C=O) groups excluding carboxylic acids is 3. The molecule has 0 heterocycles. The molecule has 0 aromatic heterocycles. The summed E-state index contributed by atoms with van der Waals surface area (Å²) in [5, 5.41) is 0. The maximum atomic E-state index is 14.8. The molecule has 0 amide bonds. The van der Waals surface area contributed by atoms with Gasteiger partial charge in [0.05, 0.1) is 0 Å². The van der Waals surface area contributed by atoms with Crippen LogP contribution in [0.4, 0.5) is 0 Å². The van der Waals surface area contributed by atoms with Crippen LogP contribution in [-0.4, -0.2) is 17.3 Å². The summed E-state index contributed by atoms with van der Waals surface area (Å²) in [4.78, 5) is 43.7. The standard InChI is InChI=1S/C40H36O3/c1-23-18-25(3)34(26(4)19-23)39(42)36-29(7)32(38(41)31-16-12-9-13-17-31)22-33(30-14-10-8-11-15-30)37(36)40(43)35-27(5)20-24(2)21-28(35)6/h8-22H,1-7H3. The van der Waals surface area contributed by atoms with Gasteiger partial charge >= 0.3 is 0 Å². The number of aryl methyl sites for hydroxylation is 6. The molecule has 0 unspecified atom stereocenters. The number of carbonyl (C=O) groups is 3. The molecule has 43 heavy (non-hydrogen) atoms. The highest BCUT2D eigenvalue weighted by atomic mass is 16.1. The second kappa shape index (κ2) is 11.8. The van der Waals surface area contributed by atoms with E-state index in [1.165, 1.54) is 0 Å². The van der Waals surface area contributed by atoms with Gasteiger partial charge in [-0.3, -0.25) is 14.4 Å². The first-order chi connectivity index (χ1) is 20.5. The van der Waals surface area contributed by atoms with Gasteiger partial charge in [0.25, 0.3) is 0 Å². The van der Waals surface area contributed by atoms with Crippen molar-refractivity contribution in [2.75, 3.05) is 0 Å². The molecule has 0 fully saturated rings. The van der Waals surface area contributed by atoms with Crippen molar-refractivity contribution in [3.05, 3.63) is 163 Å². The van der Waals surface area contributed by atoms with E-state index in [-0.39, 0.29) is 22.9 Å². The lowest BCUT2D eigenvalue weighted by Crippen LogP contribution is -2.20. The fraction of sp³-hybridized carbons (Fsp3) is 0.175. The summed E-state index contributed by atoms with van der Waals surface area (Å²) < 4.78 is 0. The van der Waals surface area contributed by atoms with Gasteiger partial charge in [-0.25, -0.2) is 0 Å². The summed E-state index contributed by atoms with van der Waals surface area (Å²) in [7, 11) is 0. The number of hydrogen-bond acceptors (Lipinski definition) is 3. The Balaban J connectivity index is 1.93. The first-order valence-corrected chi connectivity index (χ1v) is 14.6. The van der Waals surface area contributed by atoms with Gasteiger partial charge in [-0.05, 0) is 93.5 Å². The summed E-state index contributed by atoms with van der Waals surface area (Å²) in [6, 6.07) is 28.4. The van der Waals surface area contributed by atoms with Crippen LogP contribution in [0.5, 0.6) is 0 Å². The molecule has 0 aliphatic heterocycles. The zero-order chi connectivity index (χ0) is 31.0. The van der Waals surface area contributed by atoms with E-state index in [0.29, 0.717) is 38.9 Å². The number of rotatable bonds is 7. The van der Waals surface area contributed by atoms with Gasteiger partial charge in [0.2, 0.25) is 0 Å². The molecule has 0 saturated carbocycles. The highest BCUT2D eigenvalue weighted by Gasteiger charge is 2.31. The number of ketones is 3. The van der Waals surface area contributed by atoms with Crippen molar-refractivity contribution >= 4 is 17.3 Å². The molecule has 5 aromatic rings. The third-order valence-electron chi connectivity index (χ3n) is 8.21. The second-order valence-corrected chi connectivity index (χ2v) is 11.6. The first-order valence-electron chi connectivity index (χ1n) is 14.6. The predicted molar refractivity (Wildman–Crippen MR) is 175 cm³/mol. The van der Waals surface area contributed by atoms with Gasteiger partial charge in [0, 0.05) is 33.4 Å². The van der Waals surface area contributed by atoms with Crippen LogP contribution in [0.2, 0.25) is 0 Å². The topological polar surface area (TPSA) is 51.2 Å². The Morgan fingerprint density at radius 3 is 1.33 bits per heavy atom. The molecule has 0 spiro atoms. The Morgan fingerprint density at radius 2 is 0.860 bits per heavy atom. The largest absolute Gasteiger partial charge is 0.289 e. The van der Waals surface area contributed by atoms with Crippen molar-refractivity contribution in [2.24, 2.45) is 0 Å². The van der Waals surface area contributed by atoms with Crippen molar-refractivity contribution in [1.82, 2.24) is 0 Å². The van der Waals surface area contributed by atoms with E-state index in [2.05, 4.69) is 0 Å². The number of hydrogen-bond donors (Lipinski definition) is 0. The van der Waals surface area contributed by atoms with E-state index in [1.807, 2.05) is 114 Å². The molecule has 0 bridgehead atoms. The quantitative estimate of drug-likeness (QED) is 0.185. The maximum absolute atomic E-state index is 14.8. The average molecular weight is 565 g/mol. The molecule has 0 atom stereocenters. The third kappa shape index (κ3) is 5.51. The van der Waals surface area contributed by atoms with Crippen LogP contribution < -0.4 is 0 Å². The molecule has 0 aliphatic rings. The Bertz CT molecular complexity index is 1870. The molecule has 3 heteroatoms. The highest BCUT2D eigenvalue weighted by molar-refractivity contribution is 6.26. The van der Waals surface area contributed by atoms with Gasteiger partial charge in [-0.2, -0.15) is 0 Å². The highest BCUT2D eigenvalue weighted by Crippen LogP contribution is 2.37. The van der Waals surface area contributed by atoms with Crippen LogP contribution in [0.3, 0.4) is 0 Å². The van der Waals surface area contributed by atoms with Crippen molar-refractivity contribution < 1.29 is 14.4 Å². The van der Waals surface area contributed by atoms with Gasteiger partial charge < -0.3 is 0 Å². The zero-order valence-corrected chi connectivity index (χ0v) is 25.9. The van der Waals surface area contributed by atoms with Gasteiger partial charge in [0.1, 0.15) is 0 Å². The lowest BCUT2D eigenvalue weighted by atomic mass is 9.79.